The van der Waals surface area contributed by atoms with Crippen molar-refractivity contribution in [3.63, 3.8) is 0 Å². The molecule has 19 heavy (non-hydrogen) atoms. The van der Waals surface area contributed by atoms with Crippen molar-refractivity contribution >= 4 is 44.8 Å². The van der Waals surface area contributed by atoms with Crippen molar-refractivity contribution in [2.75, 3.05) is 0 Å². The second-order valence-electron chi connectivity index (χ2n) is 4.40. The zero-order chi connectivity index (χ0) is 13.2. The quantitative estimate of drug-likeness (QED) is 0.748. The van der Waals surface area contributed by atoms with Crippen LogP contribution < -0.4 is 0 Å². The molecule has 2 nitrogen and oxygen atoms in total. The van der Waals surface area contributed by atoms with Gasteiger partial charge in [-0.3, -0.25) is 4.79 Å². The second kappa shape index (κ2) is 5.77. The van der Waals surface area contributed by atoms with Crippen LogP contribution in [0.5, 0.6) is 0 Å². The average Bonchev–Trinajstić information content (AvgIpc) is 2.81. The van der Waals surface area contributed by atoms with E-state index in [2.05, 4.69) is 33.0 Å². The van der Waals surface area contributed by atoms with Crippen LogP contribution in [0.15, 0.2) is 33.6 Å². The predicted molar refractivity (Wildman–Crippen MR) is 83.1 cm³/mol. The van der Waals surface area contributed by atoms with E-state index >= 15 is 0 Å². The maximum Gasteiger partial charge on any atom is 0.182 e. The zero-order valence-electron chi connectivity index (χ0n) is 10.2. The number of aryl methyl sites for hydroxylation is 1. The van der Waals surface area contributed by atoms with Crippen LogP contribution in [-0.4, -0.2) is 10.8 Å². The Labute approximate surface area is 128 Å². The number of hydrogen-bond acceptors (Lipinski definition) is 4. The van der Waals surface area contributed by atoms with Gasteiger partial charge in [-0.25, -0.2) is 4.98 Å². The van der Waals surface area contributed by atoms with Gasteiger partial charge in [0.25, 0.3) is 0 Å². The molecule has 1 aromatic carbocycles. The third-order valence-corrected chi connectivity index (χ3v) is 5.77. The minimum Gasteiger partial charge on any atom is -0.292 e. The van der Waals surface area contributed by atoms with Crippen molar-refractivity contribution < 1.29 is 4.79 Å². The molecule has 5 heteroatoms. The summed E-state index contributed by atoms with van der Waals surface area (Å²) in [5.41, 5.74) is 0.737. The van der Waals surface area contributed by atoms with Gasteiger partial charge in [-0.2, -0.15) is 0 Å². The lowest BCUT2D eigenvalue weighted by atomic mass is 10.0. The van der Waals surface area contributed by atoms with Gasteiger partial charge < -0.3 is 0 Å². The summed E-state index contributed by atoms with van der Waals surface area (Å²) in [6.07, 6.45) is 2.65. The summed E-state index contributed by atoms with van der Waals surface area (Å²) in [7, 11) is 0. The average molecular weight is 354 g/mol. The standard InChI is InChI=1S/C14H12BrNOS2/c15-9-3-1-4-10(7-9)18-8-13-16-14-11(17)5-2-6-12(14)19-13/h1,3-4,7H,2,5-6,8H2. The molecule has 1 aliphatic rings. The van der Waals surface area contributed by atoms with Crippen LogP contribution in [0.1, 0.15) is 33.2 Å². The molecule has 98 valence electrons. The molecule has 1 aromatic heterocycles. The first kappa shape index (κ1) is 13.3. The largest absolute Gasteiger partial charge is 0.292 e. The van der Waals surface area contributed by atoms with Crippen LogP contribution in [0, 0.1) is 0 Å². The highest BCUT2D eigenvalue weighted by atomic mass is 79.9. The predicted octanol–water partition coefficient (Wildman–Crippen LogP) is 4.72. The van der Waals surface area contributed by atoms with E-state index in [1.807, 2.05) is 12.1 Å². The number of thiazole rings is 1. The molecule has 0 aliphatic heterocycles. The Hall–Kier alpha value is -0.650. The van der Waals surface area contributed by atoms with E-state index in [-0.39, 0.29) is 5.78 Å². The summed E-state index contributed by atoms with van der Waals surface area (Å²) in [6, 6.07) is 8.24. The summed E-state index contributed by atoms with van der Waals surface area (Å²) in [6.45, 7) is 0. The molecule has 0 atom stereocenters. The van der Waals surface area contributed by atoms with Crippen molar-refractivity contribution in [3.05, 3.63) is 44.3 Å². The van der Waals surface area contributed by atoms with Crippen molar-refractivity contribution in [1.29, 1.82) is 0 Å². The van der Waals surface area contributed by atoms with Gasteiger partial charge in [0, 0.05) is 20.7 Å². The topological polar surface area (TPSA) is 30.0 Å². The minimum absolute atomic E-state index is 0.219. The Morgan fingerprint density at radius 3 is 3.05 bits per heavy atom. The number of hydrogen-bond donors (Lipinski definition) is 0. The molecular formula is C14H12BrNOS2. The van der Waals surface area contributed by atoms with Gasteiger partial charge >= 0.3 is 0 Å². The molecule has 0 spiro atoms. The number of nitrogens with zero attached hydrogens (tertiary/aromatic N) is 1. The summed E-state index contributed by atoms with van der Waals surface area (Å²) in [5, 5.41) is 1.06. The molecule has 0 saturated carbocycles. The Morgan fingerprint density at radius 2 is 2.26 bits per heavy atom. The minimum atomic E-state index is 0.219. The number of aromatic nitrogens is 1. The van der Waals surface area contributed by atoms with Gasteiger partial charge in [0.1, 0.15) is 10.7 Å². The number of Topliss-reactive ketones (excluding diaryl/α,β-unsaturated/α-hetero) is 1. The molecule has 2 aromatic rings. The fourth-order valence-electron chi connectivity index (χ4n) is 2.08. The SMILES string of the molecule is O=C1CCCc2sc(CSc3cccc(Br)c3)nc21. The summed E-state index contributed by atoms with van der Waals surface area (Å²) in [4.78, 5) is 18.7. The van der Waals surface area contributed by atoms with E-state index in [9.17, 15) is 4.79 Å². The summed E-state index contributed by atoms with van der Waals surface area (Å²) in [5.74, 6) is 1.05. The molecule has 0 saturated heterocycles. The van der Waals surface area contributed by atoms with Gasteiger partial charge in [0.05, 0.1) is 5.75 Å². The summed E-state index contributed by atoms with van der Waals surface area (Å²) >= 11 is 6.93. The number of carbonyl (C=O) groups is 1. The smallest absolute Gasteiger partial charge is 0.182 e. The van der Waals surface area contributed by atoms with E-state index in [1.165, 1.54) is 9.77 Å². The lowest BCUT2D eigenvalue weighted by molar-refractivity contribution is 0.0968. The van der Waals surface area contributed by atoms with Crippen LogP contribution in [0.25, 0.3) is 0 Å². The molecule has 1 heterocycles. The van der Waals surface area contributed by atoms with E-state index in [0.29, 0.717) is 6.42 Å². The molecule has 0 N–H and O–H groups in total. The first-order chi connectivity index (χ1) is 9.22. The van der Waals surface area contributed by atoms with Crippen LogP contribution >= 0.6 is 39.0 Å². The first-order valence-electron chi connectivity index (χ1n) is 6.12. The van der Waals surface area contributed by atoms with Crippen molar-refractivity contribution in [2.45, 2.75) is 29.9 Å². The maximum atomic E-state index is 11.7. The van der Waals surface area contributed by atoms with Crippen molar-refractivity contribution in [3.8, 4) is 0 Å². The Bertz CT molecular complexity index is 624. The number of carbonyl (C=O) groups excluding carboxylic acids is 1. The van der Waals surface area contributed by atoms with Gasteiger partial charge in [-0.1, -0.05) is 22.0 Å². The zero-order valence-corrected chi connectivity index (χ0v) is 13.4. The van der Waals surface area contributed by atoms with Crippen LogP contribution in [0.3, 0.4) is 0 Å². The Balaban J connectivity index is 1.72. The lowest BCUT2D eigenvalue weighted by Gasteiger charge is -2.06. The molecule has 0 fully saturated rings. The van der Waals surface area contributed by atoms with Crippen LogP contribution in [0.4, 0.5) is 0 Å². The number of halogens is 1. The number of ketones is 1. The van der Waals surface area contributed by atoms with E-state index in [0.717, 1.165) is 33.8 Å². The van der Waals surface area contributed by atoms with Crippen molar-refractivity contribution in [2.24, 2.45) is 0 Å². The van der Waals surface area contributed by atoms with E-state index in [4.69, 9.17) is 0 Å². The van der Waals surface area contributed by atoms with Gasteiger partial charge in [0.15, 0.2) is 5.78 Å². The molecule has 0 amide bonds. The number of thioether (sulfide) groups is 1. The Morgan fingerprint density at radius 1 is 1.37 bits per heavy atom. The number of rotatable bonds is 3. The highest BCUT2D eigenvalue weighted by molar-refractivity contribution is 9.10. The van der Waals surface area contributed by atoms with Gasteiger partial charge in [0.2, 0.25) is 0 Å². The monoisotopic (exact) mass is 353 g/mol. The fourth-order valence-corrected chi connectivity index (χ4v) is 4.71. The normalized spacial score (nSPS) is 14.5. The first-order valence-corrected chi connectivity index (χ1v) is 8.72. The van der Waals surface area contributed by atoms with Gasteiger partial charge in [-0.05, 0) is 31.0 Å². The van der Waals surface area contributed by atoms with Gasteiger partial charge in [-0.15, -0.1) is 23.1 Å². The number of fused-ring (bicyclic) bond motifs is 1. The second-order valence-corrected chi connectivity index (χ2v) is 7.53. The molecule has 0 unspecified atom stereocenters. The third-order valence-electron chi connectivity index (χ3n) is 2.97. The molecule has 0 radical (unpaired) electrons. The van der Waals surface area contributed by atoms with Crippen LogP contribution in [-0.2, 0) is 12.2 Å². The van der Waals surface area contributed by atoms with E-state index in [1.54, 1.807) is 23.1 Å². The highest BCUT2D eigenvalue weighted by Crippen LogP contribution is 2.31. The van der Waals surface area contributed by atoms with Crippen LogP contribution in [0.2, 0.25) is 0 Å². The Kier molecular flexibility index (Phi) is 4.05. The fraction of sp³-hybridized carbons (Fsp3) is 0.286. The number of benzene rings is 1. The molecule has 3 rings (SSSR count). The summed E-state index contributed by atoms with van der Waals surface area (Å²) < 4.78 is 1.09. The maximum absolute atomic E-state index is 11.7. The van der Waals surface area contributed by atoms with E-state index < -0.39 is 0 Å². The van der Waals surface area contributed by atoms with Crippen molar-refractivity contribution in [1.82, 2.24) is 4.98 Å². The third kappa shape index (κ3) is 3.09. The molecular weight excluding hydrogens is 342 g/mol. The lowest BCUT2D eigenvalue weighted by Crippen LogP contribution is -2.08. The molecule has 0 bridgehead atoms. The highest BCUT2D eigenvalue weighted by Gasteiger charge is 2.21. The molecule has 1 aliphatic carbocycles.